The van der Waals surface area contributed by atoms with Crippen molar-refractivity contribution in [1.82, 2.24) is 14.9 Å². The van der Waals surface area contributed by atoms with Crippen LogP contribution in [0.5, 0.6) is 0 Å². The summed E-state index contributed by atoms with van der Waals surface area (Å²) < 4.78 is 2.22. The van der Waals surface area contributed by atoms with Gasteiger partial charge in [0.2, 0.25) is 0 Å². The smallest absolute Gasteiger partial charge is 0.0951 e. The van der Waals surface area contributed by atoms with Gasteiger partial charge in [-0.15, -0.1) is 0 Å². The van der Waals surface area contributed by atoms with Crippen LogP contribution in [-0.2, 0) is 0 Å². The molecule has 0 spiro atoms. The van der Waals surface area contributed by atoms with Crippen LogP contribution in [0, 0.1) is 5.92 Å². The highest BCUT2D eigenvalue weighted by Gasteiger charge is 2.28. The molecule has 0 bridgehead atoms. The van der Waals surface area contributed by atoms with Crippen molar-refractivity contribution in [2.45, 2.75) is 37.8 Å². The SMILES string of the molecule is OCC(NCC1CC1)c1cncn1C1CC1. The summed E-state index contributed by atoms with van der Waals surface area (Å²) in [5, 5.41) is 12.9. The van der Waals surface area contributed by atoms with Crippen molar-refractivity contribution in [3.63, 3.8) is 0 Å². The number of nitrogens with zero attached hydrogens (tertiary/aromatic N) is 2. The van der Waals surface area contributed by atoms with Crippen LogP contribution in [0.15, 0.2) is 12.5 Å². The van der Waals surface area contributed by atoms with Gasteiger partial charge in [0.05, 0.1) is 24.7 Å². The van der Waals surface area contributed by atoms with Crippen LogP contribution in [0.25, 0.3) is 0 Å². The molecule has 2 aliphatic rings. The maximum Gasteiger partial charge on any atom is 0.0951 e. The average Bonchev–Trinajstić information content (AvgIpc) is 3.21. The summed E-state index contributed by atoms with van der Waals surface area (Å²) in [6.07, 6.45) is 8.97. The molecule has 1 aromatic heterocycles. The van der Waals surface area contributed by atoms with Crippen LogP contribution in [0.2, 0.25) is 0 Å². The molecule has 16 heavy (non-hydrogen) atoms. The van der Waals surface area contributed by atoms with Crippen molar-refractivity contribution in [2.24, 2.45) is 5.92 Å². The molecule has 4 nitrogen and oxygen atoms in total. The van der Waals surface area contributed by atoms with E-state index in [9.17, 15) is 5.11 Å². The van der Waals surface area contributed by atoms with Crippen molar-refractivity contribution in [3.05, 3.63) is 18.2 Å². The highest BCUT2D eigenvalue weighted by molar-refractivity contribution is 5.09. The number of aromatic nitrogens is 2. The van der Waals surface area contributed by atoms with Crippen molar-refractivity contribution in [2.75, 3.05) is 13.2 Å². The predicted molar refractivity (Wildman–Crippen MR) is 61.1 cm³/mol. The number of imidazole rings is 1. The molecule has 88 valence electrons. The van der Waals surface area contributed by atoms with E-state index in [1.54, 1.807) is 0 Å². The third-order valence-corrected chi connectivity index (χ3v) is 3.53. The van der Waals surface area contributed by atoms with Crippen LogP contribution in [0.1, 0.15) is 43.5 Å². The largest absolute Gasteiger partial charge is 0.394 e. The van der Waals surface area contributed by atoms with Gasteiger partial charge in [-0.05, 0) is 38.1 Å². The zero-order chi connectivity index (χ0) is 11.0. The molecule has 2 N–H and O–H groups in total. The lowest BCUT2D eigenvalue weighted by molar-refractivity contribution is 0.238. The molecule has 0 radical (unpaired) electrons. The van der Waals surface area contributed by atoms with Crippen LogP contribution < -0.4 is 5.32 Å². The average molecular weight is 221 g/mol. The van der Waals surface area contributed by atoms with Gasteiger partial charge in [0, 0.05) is 12.2 Å². The minimum atomic E-state index is 0.0590. The summed E-state index contributed by atoms with van der Waals surface area (Å²) >= 11 is 0. The molecule has 2 saturated carbocycles. The van der Waals surface area contributed by atoms with Crippen molar-refractivity contribution in [1.29, 1.82) is 0 Å². The highest BCUT2D eigenvalue weighted by Crippen LogP contribution is 2.37. The van der Waals surface area contributed by atoms with Gasteiger partial charge >= 0.3 is 0 Å². The van der Waals surface area contributed by atoms with E-state index in [0.29, 0.717) is 6.04 Å². The first-order chi connectivity index (χ1) is 7.88. The second-order valence-corrected chi connectivity index (χ2v) is 5.04. The normalized spacial score (nSPS) is 22.3. The van der Waals surface area contributed by atoms with Gasteiger partial charge in [0.25, 0.3) is 0 Å². The third kappa shape index (κ3) is 2.13. The fourth-order valence-corrected chi connectivity index (χ4v) is 2.14. The lowest BCUT2D eigenvalue weighted by atomic mass is 10.2. The summed E-state index contributed by atoms with van der Waals surface area (Å²) in [6.45, 7) is 1.19. The van der Waals surface area contributed by atoms with Gasteiger partial charge in [-0.1, -0.05) is 0 Å². The minimum Gasteiger partial charge on any atom is -0.394 e. The summed E-state index contributed by atoms with van der Waals surface area (Å²) in [4.78, 5) is 4.21. The molecule has 4 heteroatoms. The van der Waals surface area contributed by atoms with E-state index in [4.69, 9.17) is 0 Å². The van der Waals surface area contributed by atoms with E-state index in [1.165, 1.54) is 25.7 Å². The van der Waals surface area contributed by atoms with Crippen molar-refractivity contribution < 1.29 is 5.11 Å². The second kappa shape index (κ2) is 4.18. The van der Waals surface area contributed by atoms with Crippen molar-refractivity contribution >= 4 is 0 Å². The maximum absolute atomic E-state index is 9.45. The highest BCUT2D eigenvalue weighted by atomic mass is 16.3. The second-order valence-electron chi connectivity index (χ2n) is 5.04. The van der Waals surface area contributed by atoms with E-state index in [2.05, 4.69) is 14.9 Å². The van der Waals surface area contributed by atoms with E-state index in [1.807, 2.05) is 12.5 Å². The Bertz CT molecular complexity index is 355. The van der Waals surface area contributed by atoms with Gasteiger partial charge in [-0.2, -0.15) is 0 Å². The maximum atomic E-state index is 9.45. The van der Waals surface area contributed by atoms with Crippen molar-refractivity contribution in [3.8, 4) is 0 Å². The molecule has 0 saturated heterocycles. The first kappa shape index (κ1) is 10.3. The number of hydrogen-bond donors (Lipinski definition) is 2. The standard InChI is InChI=1S/C12H19N3O/c16-7-11(14-5-9-1-2-9)12-6-13-8-15(12)10-3-4-10/h6,8-11,14,16H,1-5,7H2. The summed E-state index contributed by atoms with van der Waals surface area (Å²) in [6, 6.07) is 0.693. The minimum absolute atomic E-state index is 0.0590. The van der Waals surface area contributed by atoms with Crippen LogP contribution in [-0.4, -0.2) is 27.8 Å². The molecule has 0 aromatic carbocycles. The molecule has 3 rings (SSSR count). The van der Waals surface area contributed by atoms with Crippen LogP contribution >= 0.6 is 0 Å². The summed E-state index contributed by atoms with van der Waals surface area (Å²) in [5.74, 6) is 0.839. The Hall–Kier alpha value is -0.870. The number of rotatable bonds is 6. The summed E-state index contributed by atoms with van der Waals surface area (Å²) in [5.41, 5.74) is 1.14. The van der Waals surface area contributed by atoms with Gasteiger partial charge in [0.15, 0.2) is 0 Å². The van der Waals surface area contributed by atoms with E-state index < -0.39 is 0 Å². The number of aliphatic hydroxyl groups excluding tert-OH is 1. The Balaban J connectivity index is 1.68. The lowest BCUT2D eigenvalue weighted by Gasteiger charge is -2.18. The Kier molecular flexibility index (Phi) is 2.69. The first-order valence-electron chi connectivity index (χ1n) is 6.24. The molecule has 1 aromatic rings. The van der Waals surface area contributed by atoms with Gasteiger partial charge in [-0.3, -0.25) is 0 Å². The van der Waals surface area contributed by atoms with Gasteiger partial charge in [-0.25, -0.2) is 4.98 Å². The van der Waals surface area contributed by atoms with Gasteiger partial charge in [0.1, 0.15) is 0 Å². The van der Waals surface area contributed by atoms with Gasteiger partial charge < -0.3 is 15.0 Å². The quantitative estimate of drug-likeness (QED) is 0.760. The van der Waals surface area contributed by atoms with E-state index >= 15 is 0 Å². The lowest BCUT2D eigenvalue weighted by Crippen LogP contribution is -2.28. The Labute approximate surface area is 95.7 Å². The predicted octanol–water partition coefficient (Wildman–Crippen LogP) is 1.25. The third-order valence-electron chi connectivity index (χ3n) is 3.53. The molecule has 1 atom stereocenters. The van der Waals surface area contributed by atoms with E-state index in [-0.39, 0.29) is 12.6 Å². The molecule has 1 unspecified atom stereocenters. The molecule has 2 aliphatic carbocycles. The monoisotopic (exact) mass is 221 g/mol. The molecular formula is C12H19N3O. The fraction of sp³-hybridized carbons (Fsp3) is 0.750. The molecule has 0 amide bonds. The number of hydrogen-bond acceptors (Lipinski definition) is 3. The Morgan fingerprint density at radius 1 is 1.44 bits per heavy atom. The number of nitrogens with one attached hydrogen (secondary N) is 1. The first-order valence-corrected chi connectivity index (χ1v) is 6.24. The zero-order valence-corrected chi connectivity index (χ0v) is 9.47. The fourth-order valence-electron chi connectivity index (χ4n) is 2.14. The number of aliphatic hydroxyl groups is 1. The summed E-state index contributed by atoms with van der Waals surface area (Å²) in [7, 11) is 0. The Morgan fingerprint density at radius 2 is 2.25 bits per heavy atom. The zero-order valence-electron chi connectivity index (χ0n) is 9.47. The van der Waals surface area contributed by atoms with Crippen LogP contribution in [0.3, 0.4) is 0 Å². The Morgan fingerprint density at radius 3 is 2.88 bits per heavy atom. The topological polar surface area (TPSA) is 50.1 Å². The molecular weight excluding hydrogens is 202 g/mol. The molecule has 0 aliphatic heterocycles. The van der Waals surface area contributed by atoms with E-state index in [0.717, 1.165) is 18.2 Å². The molecule has 1 heterocycles. The molecule has 2 fully saturated rings. The van der Waals surface area contributed by atoms with Crippen LogP contribution in [0.4, 0.5) is 0 Å².